The van der Waals surface area contributed by atoms with Gasteiger partial charge >= 0.3 is 0 Å². The van der Waals surface area contributed by atoms with Crippen LogP contribution in [0, 0.1) is 0 Å². The van der Waals surface area contributed by atoms with Crippen LogP contribution in [-0.2, 0) is 0 Å². The lowest BCUT2D eigenvalue weighted by atomic mass is 10.3. The molecule has 1 heterocycles. The molecule has 0 spiro atoms. The molecule has 2 rings (SSSR count). The van der Waals surface area contributed by atoms with Gasteiger partial charge in [-0.05, 0) is 18.2 Å². The molecule has 14 heavy (non-hydrogen) atoms. The number of halogens is 1. The molecule has 0 amide bonds. The van der Waals surface area contributed by atoms with Crippen molar-refractivity contribution in [3.8, 4) is 5.69 Å². The highest BCUT2D eigenvalue weighted by atomic mass is 35.5. The Bertz CT molecular complexity index is 385. The van der Waals surface area contributed by atoms with Crippen molar-refractivity contribution in [2.45, 2.75) is 0 Å². The van der Waals surface area contributed by atoms with E-state index >= 15 is 0 Å². The van der Waals surface area contributed by atoms with Crippen LogP contribution < -0.4 is 5.32 Å². The third-order valence-electron chi connectivity index (χ3n) is 1.78. The number of rotatable bonds is 2. The van der Waals surface area contributed by atoms with Crippen molar-refractivity contribution in [1.82, 2.24) is 15.0 Å². The van der Waals surface area contributed by atoms with Crippen LogP contribution in [0.15, 0.2) is 36.7 Å². The third kappa shape index (κ3) is 2.03. The molecule has 5 heteroatoms. The number of aromatic nitrogens is 3. The Hall–Kier alpha value is -1.55. The molecule has 1 aromatic heterocycles. The summed E-state index contributed by atoms with van der Waals surface area (Å²) in [5.41, 5.74) is 2.01. The van der Waals surface area contributed by atoms with Gasteiger partial charge in [0.05, 0.1) is 18.1 Å². The maximum atomic E-state index is 4.04. The van der Waals surface area contributed by atoms with Crippen molar-refractivity contribution in [3.63, 3.8) is 0 Å². The lowest BCUT2D eigenvalue weighted by molar-refractivity contribution is 0.752. The van der Waals surface area contributed by atoms with Gasteiger partial charge in [0.15, 0.2) is 0 Å². The zero-order chi connectivity index (χ0) is 9.10. The summed E-state index contributed by atoms with van der Waals surface area (Å²) in [6.07, 6.45) is 3.32. The van der Waals surface area contributed by atoms with Gasteiger partial charge in [-0.15, -0.1) is 12.4 Å². The lowest BCUT2D eigenvalue weighted by Gasteiger charge is -2.02. The first-order valence-electron chi connectivity index (χ1n) is 4.04. The summed E-state index contributed by atoms with van der Waals surface area (Å²) in [6.45, 7) is 0. The maximum absolute atomic E-state index is 4.04. The quantitative estimate of drug-likeness (QED) is 0.821. The number of benzene rings is 1. The van der Waals surface area contributed by atoms with E-state index in [2.05, 4.69) is 15.5 Å². The van der Waals surface area contributed by atoms with Crippen LogP contribution in [-0.4, -0.2) is 22.0 Å². The summed E-state index contributed by atoms with van der Waals surface area (Å²) in [5.74, 6) is 0. The number of hydrogen-bond acceptors (Lipinski definition) is 3. The van der Waals surface area contributed by atoms with E-state index in [0.717, 1.165) is 11.4 Å². The number of nitrogens with zero attached hydrogens (tertiary/aromatic N) is 3. The molecule has 0 aliphatic carbocycles. The second-order valence-corrected chi connectivity index (χ2v) is 2.62. The molecule has 0 radical (unpaired) electrons. The molecule has 4 nitrogen and oxygen atoms in total. The SMILES string of the molecule is CNc1cccc(-n2nccn2)c1.Cl. The standard InChI is InChI=1S/C9H10N4.ClH/c1-10-8-3-2-4-9(7-8)13-11-5-6-12-13;/h2-7,10H,1H3;1H. The maximum Gasteiger partial charge on any atom is 0.0877 e. The lowest BCUT2D eigenvalue weighted by Crippen LogP contribution is -1.99. The van der Waals surface area contributed by atoms with Crippen LogP contribution in [0.4, 0.5) is 5.69 Å². The Morgan fingerprint density at radius 2 is 1.93 bits per heavy atom. The molecule has 0 atom stereocenters. The molecule has 0 aliphatic heterocycles. The van der Waals surface area contributed by atoms with E-state index in [1.54, 1.807) is 17.2 Å². The van der Waals surface area contributed by atoms with Gasteiger partial charge in [0.2, 0.25) is 0 Å². The Morgan fingerprint density at radius 1 is 1.21 bits per heavy atom. The molecule has 0 unspecified atom stereocenters. The molecule has 0 saturated carbocycles. The number of hydrogen-bond donors (Lipinski definition) is 1. The fourth-order valence-electron chi connectivity index (χ4n) is 1.13. The fraction of sp³-hybridized carbons (Fsp3) is 0.111. The second-order valence-electron chi connectivity index (χ2n) is 2.62. The van der Waals surface area contributed by atoms with Gasteiger partial charge in [-0.3, -0.25) is 0 Å². The van der Waals surface area contributed by atoms with Crippen LogP contribution in [0.2, 0.25) is 0 Å². The van der Waals surface area contributed by atoms with Crippen molar-refractivity contribution >= 4 is 18.1 Å². The van der Waals surface area contributed by atoms with Crippen molar-refractivity contribution < 1.29 is 0 Å². The number of nitrogens with one attached hydrogen (secondary N) is 1. The summed E-state index contributed by atoms with van der Waals surface area (Å²) in [4.78, 5) is 1.58. The Morgan fingerprint density at radius 3 is 2.57 bits per heavy atom. The minimum Gasteiger partial charge on any atom is -0.388 e. The predicted octanol–water partition coefficient (Wildman–Crippen LogP) is 1.73. The molecule has 2 aromatic rings. The number of anilines is 1. The minimum atomic E-state index is 0. The van der Waals surface area contributed by atoms with E-state index in [1.165, 1.54) is 0 Å². The van der Waals surface area contributed by atoms with Crippen molar-refractivity contribution in [2.75, 3.05) is 12.4 Å². The predicted molar refractivity (Wildman–Crippen MR) is 58.2 cm³/mol. The molecule has 1 N–H and O–H groups in total. The van der Waals surface area contributed by atoms with Crippen molar-refractivity contribution in [1.29, 1.82) is 0 Å². The van der Waals surface area contributed by atoms with Crippen LogP contribution in [0.5, 0.6) is 0 Å². The van der Waals surface area contributed by atoms with Gasteiger partial charge in [-0.1, -0.05) is 6.07 Å². The van der Waals surface area contributed by atoms with E-state index in [1.807, 2.05) is 31.3 Å². The zero-order valence-corrected chi connectivity index (χ0v) is 8.53. The highest BCUT2D eigenvalue weighted by Gasteiger charge is 1.96. The van der Waals surface area contributed by atoms with Gasteiger partial charge in [-0.25, -0.2) is 0 Å². The molecular formula is C9H11ClN4. The van der Waals surface area contributed by atoms with E-state index in [-0.39, 0.29) is 12.4 Å². The highest BCUT2D eigenvalue weighted by Crippen LogP contribution is 2.11. The molecule has 0 aliphatic rings. The molecule has 0 fully saturated rings. The van der Waals surface area contributed by atoms with Gasteiger partial charge < -0.3 is 5.32 Å². The van der Waals surface area contributed by atoms with Gasteiger partial charge in [0.1, 0.15) is 0 Å². The van der Waals surface area contributed by atoms with E-state index in [9.17, 15) is 0 Å². The Balaban J connectivity index is 0.000000980. The average molecular weight is 211 g/mol. The normalized spacial score (nSPS) is 9.21. The van der Waals surface area contributed by atoms with E-state index in [0.29, 0.717) is 0 Å². The molecule has 0 bridgehead atoms. The summed E-state index contributed by atoms with van der Waals surface area (Å²) in [5, 5.41) is 11.1. The summed E-state index contributed by atoms with van der Waals surface area (Å²) >= 11 is 0. The second kappa shape index (κ2) is 4.62. The fourth-order valence-corrected chi connectivity index (χ4v) is 1.13. The largest absolute Gasteiger partial charge is 0.388 e. The van der Waals surface area contributed by atoms with Crippen LogP contribution in [0.1, 0.15) is 0 Å². The van der Waals surface area contributed by atoms with Crippen molar-refractivity contribution in [2.24, 2.45) is 0 Å². The highest BCUT2D eigenvalue weighted by molar-refractivity contribution is 5.85. The average Bonchev–Trinajstić information content (AvgIpc) is 2.71. The monoisotopic (exact) mass is 210 g/mol. The van der Waals surface area contributed by atoms with E-state index < -0.39 is 0 Å². The molecule has 74 valence electrons. The summed E-state index contributed by atoms with van der Waals surface area (Å²) in [6, 6.07) is 7.90. The summed E-state index contributed by atoms with van der Waals surface area (Å²) < 4.78 is 0. The topological polar surface area (TPSA) is 42.7 Å². The Labute approximate surface area is 88.4 Å². The van der Waals surface area contributed by atoms with Crippen LogP contribution in [0.3, 0.4) is 0 Å². The minimum absolute atomic E-state index is 0. The molecular weight excluding hydrogens is 200 g/mol. The first-order chi connectivity index (χ1) is 6.40. The Kier molecular flexibility index (Phi) is 3.48. The van der Waals surface area contributed by atoms with Gasteiger partial charge in [0, 0.05) is 12.7 Å². The van der Waals surface area contributed by atoms with Gasteiger partial charge in [0.25, 0.3) is 0 Å². The summed E-state index contributed by atoms with van der Waals surface area (Å²) in [7, 11) is 1.88. The first-order valence-corrected chi connectivity index (χ1v) is 4.04. The first kappa shape index (κ1) is 10.5. The van der Waals surface area contributed by atoms with Crippen molar-refractivity contribution in [3.05, 3.63) is 36.7 Å². The van der Waals surface area contributed by atoms with Crippen LogP contribution in [0.25, 0.3) is 5.69 Å². The zero-order valence-electron chi connectivity index (χ0n) is 7.71. The molecule has 1 aromatic carbocycles. The van der Waals surface area contributed by atoms with E-state index in [4.69, 9.17) is 0 Å². The smallest absolute Gasteiger partial charge is 0.0877 e. The van der Waals surface area contributed by atoms with Crippen LogP contribution >= 0.6 is 12.4 Å². The molecule has 0 saturated heterocycles. The van der Waals surface area contributed by atoms with Gasteiger partial charge in [-0.2, -0.15) is 15.0 Å². The third-order valence-corrected chi connectivity index (χ3v) is 1.78.